The molecule has 188 valence electrons. The van der Waals surface area contributed by atoms with Gasteiger partial charge in [-0.25, -0.2) is 14.8 Å². The molecule has 6 rings (SSSR count). The van der Waals surface area contributed by atoms with Gasteiger partial charge in [-0.1, -0.05) is 0 Å². The molecule has 4 aromatic rings. The molecule has 12 nitrogen and oxygen atoms in total. The monoisotopic (exact) mass is 501 g/mol. The molecule has 0 bridgehead atoms. The maximum absolute atomic E-state index is 12.8. The first-order valence-electron chi connectivity index (χ1n) is 11.7. The average Bonchev–Trinajstić information content (AvgIpc) is 2.92. The molecule has 0 aliphatic carbocycles. The average molecular weight is 502 g/mol. The number of ether oxygens (including phenoxy) is 3. The third-order valence-electron chi connectivity index (χ3n) is 6.24. The lowest BCUT2D eigenvalue weighted by Crippen LogP contribution is -2.30. The standard InChI is InChI=1S/C25H23N7O5/c1-35-20-5-4-18-24(31-20)32(21(33)10-27-18)17-6-14-12-36-13-15(23(14)29-9-17)7-26-8-16-2-3-19-25(30-16)37-22(34)11-28-19/h2-6,9-10,15,26,28H,7-8,11-13H2,1H3. The molecule has 4 aromatic heterocycles. The summed E-state index contributed by atoms with van der Waals surface area (Å²) >= 11 is 0. The van der Waals surface area contributed by atoms with Crippen LogP contribution in [0.1, 0.15) is 22.9 Å². The van der Waals surface area contributed by atoms with Gasteiger partial charge in [0.05, 0.1) is 55.5 Å². The van der Waals surface area contributed by atoms with Crippen molar-refractivity contribution >= 4 is 22.8 Å². The van der Waals surface area contributed by atoms with E-state index < -0.39 is 0 Å². The SMILES string of the molecule is COc1ccc2ncc(=O)n(-c3cnc4c(c3)COCC4CNCc3ccc4c(n3)OC(=O)CN4)c2n1. The van der Waals surface area contributed by atoms with Crippen LogP contribution in [0.25, 0.3) is 16.9 Å². The summed E-state index contributed by atoms with van der Waals surface area (Å²) in [7, 11) is 1.52. The van der Waals surface area contributed by atoms with Gasteiger partial charge in [0, 0.05) is 30.6 Å². The molecule has 0 fully saturated rings. The molecule has 0 amide bonds. The summed E-state index contributed by atoms with van der Waals surface area (Å²) in [4.78, 5) is 42.0. The van der Waals surface area contributed by atoms with E-state index in [0.29, 0.717) is 60.6 Å². The Labute approximate surface area is 210 Å². The first-order chi connectivity index (χ1) is 18.1. The van der Waals surface area contributed by atoms with Crippen LogP contribution in [-0.4, -0.2) is 57.3 Å². The highest BCUT2D eigenvalue weighted by molar-refractivity contribution is 5.82. The van der Waals surface area contributed by atoms with Crippen LogP contribution in [0.5, 0.6) is 11.8 Å². The van der Waals surface area contributed by atoms with E-state index in [4.69, 9.17) is 19.2 Å². The predicted molar refractivity (Wildman–Crippen MR) is 132 cm³/mol. The molecule has 0 saturated carbocycles. The van der Waals surface area contributed by atoms with Crippen molar-refractivity contribution in [3.05, 3.63) is 70.0 Å². The zero-order valence-electron chi connectivity index (χ0n) is 19.9. The van der Waals surface area contributed by atoms with Gasteiger partial charge in [-0.15, -0.1) is 0 Å². The maximum Gasteiger partial charge on any atom is 0.332 e. The van der Waals surface area contributed by atoms with Crippen LogP contribution in [-0.2, 0) is 22.7 Å². The van der Waals surface area contributed by atoms with Crippen molar-refractivity contribution in [2.24, 2.45) is 0 Å². The zero-order valence-corrected chi connectivity index (χ0v) is 19.9. The van der Waals surface area contributed by atoms with Crippen molar-refractivity contribution in [3.63, 3.8) is 0 Å². The number of hydrogen-bond donors (Lipinski definition) is 2. The molecule has 6 heterocycles. The minimum absolute atomic E-state index is 0.0130. The number of esters is 1. The summed E-state index contributed by atoms with van der Waals surface area (Å²) in [6.07, 6.45) is 2.94. The number of carbonyl (C=O) groups is 1. The summed E-state index contributed by atoms with van der Waals surface area (Å²) < 4.78 is 17.8. The minimum Gasteiger partial charge on any atom is -0.481 e. The summed E-state index contributed by atoms with van der Waals surface area (Å²) in [5.41, 5.74) is 4.49. The number of fused-ring (bicyclic) bond motifs is 3. The van der Waals surface area contributed by atoms with Crippen molar-refractivity contribution in [3.8, 4) is 17.4 Å². The first kappa shape index (κ1) is 23.0. The number of aromatic nitrogens is 5. The molecule has 2 aliphatic rings. The molecule has 0 saturated heterocycles. The Hall–Kier alpha value is -4.42. The number of methoxy groups -OCH3 is 1. The number of carbonyl (C=O) groups excluding carboxylic acids is 1. The number of nitrogens with one attached hydrogen (secondary N) is 2. The molecular formula is C25H23N7O5. The van der Waals surface area contributed by atoms with Crippen LogP contribution in [0, 0.1) is 0 Å². The highest BCUT2D eigenvalue weighted by Crippen LogP contribution is 2.28. The fraction of sp³-hybridized carbons (Fsp3) is 0.280. The number of rotatable bonds is 6. The van der Waals surface area contributed by atoms with Gasteiger partial charge in [0.15, 0.2) is 5.65 Å². The fourth-order valence-corrected chi connectivity index (χ4v) is 4.47. The second kappa shape index (κ2) is 9.56. The Morgan fingerprint density at radius 3 is 2.97 bits per heavy atom. The number of hydrogen-bond acceptors (Lipinski definition) is 11. The van der Waals surface area contributed by atoms with Gasteiger partial charge < -0.3 is 24.8 Å². The summed E-state index contributed by atoms with van der Waals surface area (Å²) in [5.74, 6) is 0.335. The van der Waals surface area contributed by atoms with E-state index in [1.54, 1.807) is 18.3 Å². The van der Waals surface area contributed by atoms with E-state index in [0.717, 1.165) is 17.0 Å². The second-order valence-corrected chi connectivity index (χ2v) is 8.69. The molecule has 2 aliphatic heterocycles. The van der Waals surface area contributed by atoms with Crippen LogP contribution in [0.2, 0.25) is 0 Å². The fourth-order valence-electron chi connectivity index (χ4n) is 4.47. The second-order valence-electron chi connectivity index (χ2n) is 8.69. The molecular weight excluding hydrogens is 478 g/mol. The van der Waals surface area contributed by atoms with Crippen molar-refractivity contribution in [2.75, 3.05) is 32.1 Å². The summed E-state index contributed by atoms with van der Waals surface area (Å²) in [6, 6.07) is 9.09. The summed E-state index contributed by atoms with van der Waals surface area (Å²) in [5, 5.41) is 6.37. The largest absolute Gasteiger partial charge is 0.481 e. The number of pyridine rings is 3. The maximum atomic E-state index is 12.8. The lowest BCUT2D eigenvalue weighted by Gasteiger charge is -2.25. The molecule has 1 unspecified atom stereocenters. The first-order valence-corrected chi connectivity index (χ1v) is 11.7. The third kappa shape index (κ3) is 4.47. The molecule has 1 atom stereocenters. The molecule has 0 spiro atoms. The number of nitrogens with zero attached hydrogens (tertiary/aromatic N) is 5. The lowest BCUT2D eigenvalue weighted by molar-refractivity contribution is -0.133. The van der Waals surface area contributed by atoms with Crippen LogP contribution < -0.4 is 25.7 Å². The smallest absolute Gasteiger partial charge is 0.332 e. The van der Waals surface area contributed by atoms with Crippen LogP contribution in [0.3, 0.4) is 0 Å². The Morgan fingerprint density at radius 1 is 1.16 bits per heavy atom. The van der Waals surface area contributed by atoms with Crippen molar-refractivity contribution < 1.29 is 19.0 Å². The summed E-state index contributed by atoms with van der Waals surface area (Å²) in [6.45, 7) is 2.14. The van der Waals surface area contributed by atoms with E-state index in [-0.39, 0.29) is 24.0 Å². The zero-order chi connectivity index (χ0) is 25.4. The normalized spacial score (nSPS) is 16.5. The van der Waals surface area contributed by atoms with E-state index in [1.165, 1.54) is 17.9 Å². The highest BCUT2D eigenvalue weighted by atomic mass is 16.5. The van der Waals surface area contributed by atoms with Crippen molar-refractivity contribution in [1.82, 2.24) is 29.8 Å². The van der Waals surface area contributed by atoms with E-state index in [1.807, 2.05) is 18.2 Å². The van der Waals surface area contributed by atoms with E-state index in [2.05, 4.69) is 25.6 Å². The quantitative estimate of drug-likeness (QED) is 0.369. The Morgan fingerprint density at radius 2 is 2.08 bits per heavy atom. The predicted octanol–water partition coefficient (Wildman–Crippen LogP) is 1.31. The van der Waals surface area contributed by atoms with Gasteiger partial charge in [-0.3, -0.25) is 14.3 Å². The molecule has 2 N–H and O–H groups in total. The molecule has 37 heavy (non-hydrogen) atoms. The Bertz CT molecular complexity index is 1570. The van der Waals surface area contributed by atoms with Gasteiger partial charge in [0.1, 0.15) is 12.1 Å². The van der Waals surface area contributed by atoms with Gasteiger partial charge in [-0.2, -0.15) is 4.98 Å². The van der Waals surface area contributed by atoms with Crippen molar-refractivity contribution in [1.29, 1.82) is 0 Å². The van der Waals surface area contributed by atoms with Crippen molar-refractivity contribution in [2.45, 2.75) is 19.1 Å². The molecule has 12 heteroatoms. The van der Waals surface area contributed by atoms with Gasteiger partial charge >= 0.3 is 5.97 Å². The van der Waals surface area contributed by atoms with Crippen LogP contribution >= 0.6 is 0 Å². The van der Waals surface area contributed by atoms with E-state index in [9.17, 15) is 9.59 Å². The Kier molecular flexibility index (Phi) is 5.94. The lowest BCUT2D eigenvalue weighted by atomic mass is 9.98. The molecule has 0 radical (unpaired) electrons. The Balaban J connectivity index is 1.21. The minimum atomic E-state index is -0.358. The number of anilines is 1. The topological polar surface area (TPSA) is 142 Å². The van der Waals surface area contributed by atoms with Gasteiger partial charge in [0.25, 0.3) is 5.56 Å². The van der Waals surface area contributed by atoms with Crippen LogP contribution in [0.15, 0.2) is 47.5 Å². The van der Waals surface area contributed by atoms with Gasteiger partial charge in [0.2, 0.25) is 11.8 Å². The highest BCUT2D eigenvalue weighted by Gasteiger charge is 2.24. The van der Waals surface area contributed by atoms with Gasteiger partial charge in [-0.05, 0) is 24.3 Å². The third-order valence-corrected chi connectivity index (χ3v) is 6.24. The molecule has 0 aromatic carbocycles. The van der Waals surface area contributed by atoms with Crippen LogP contribution in [0.4, 0.5) is 5.69 Å². The van der Waals surface area contributed by atoms with E-state index >= 15 is 0 Å².